The molecule has 6 nitrogen and oxygen atoms in total. The number of carbonyl (C=O) groups is 2. The van der Waals surface area contributed by atoms with Gasteiger partial charge in [-0.1, -0.05) is 35.9 Å². The van der Waals surface area contributed by atoms with Crippen LogP contribution in [0, 0.1) is 6.92 Å². The van der Waals surface area contributed by atoms with Crippen molar-refractivity contribution in [1.29, 1.82) is 0 Å². The van der Waals surface area contributed by atoms with E-state index in [9.17, 15) is 9.59 Å². The van der Waals surface area contributed by atoms with Crippen LogP contribution in [0.25, 0.3) is 0 Å². The van der Waals surface area contributed by atoms with Crippen LogP contribution in [0.2, 0.25) is 0 Å². The Hall–Kier alpha value is -3.02. The molecular formula is C22H26N2O4. The minimum atomic E-state index is -0.547. The van der Waals surface area contributed by atoms with Gasteiger partial charge in [-0.15, -0.1) is 0 Å². The summed E-state index contributed by atoms with van der Waals surface area (Å²) in [5.74, 6) is 1.20. The number of hydrogen-bond donors (Lipinski definition) is 1. The van der Waals surface area contributed by atoms with Crippen LogP contribution in [0.1, 0.15) is 30.0 Å². The van der Waals surface area contributed by atoms with Gasteiger partial charge in [0.1, 0.15) is 6.04 Å². The number of likely N-dealkylation sites (N-methyl/N-ethyl adjacent to an activating group) is 1. The highest BCUT2D eigenvalue weighted by Crippen LogP contribution is 2.32. The van der Waals surface area contributed by atoms with Crippen LogP contribution in [0.15, 0.2) is 42.5 Å². The lowest BCUT2D eigenvalue weighted by atomic mass is 10.1. The van der Waals surface area contributed by atoms with Crippen molar-refractivity contribution < 1.29 is 19.1 Å². The number of aryl methyl sites for hydroxylation is 2. The van der Waals surface area contributed by atoms with Crippen molar-refractivity contribution in [3.8, 4) is 11.5 Å². The van der Waals surface area contributed by atoms with Gasteiger partial charge >= 0.3 is 0 Å². The third-order valence-electron chi connectivity index (χ3n) is 4.91. The highest BCUT2D eigenvalue weighted by atomic mass is 16.7. The van der Waals surface area contributed by atoms with Gasteiger partial charge in [-0.2, -0.15) is 0 Å². The van der Waals surface area contributed by atoms with E-state index < -0.39 is 6.04 Å². The van der Waals surface area contributed by atoms with Gasteiger partial charge in [-0.25, -0.2) is 0 Å². The number of benzene rings is 2. The molecule has 1 aliphatic rings. The number of carbonyl (C=O) groups excluding carboxylic acids is 2. The molecule has 6 heteroatoms. The Bertz CT molecular complexity index is 865. The fraction of sp³-hybridized carbons (Fsp3) is 0.364. The fourth-order valence-corrected chi connectivity index (χ4v) is 3.29. The second kappa shape index (κ2) is 8.78. The van der Waals surface area contributed by atoms with Gasteiger partial charge in [0.15, 0.2) is 11.5 Å². The van der Waals surface area contributed by atoms with E-state index in [-0.39, 0.29) is 18.6 Å². The first-order chi connectivity index (χ1) is 13.5. The average molecular weight is 382 g/mol. The average Bonchev–Trinajstić information content (AvgIpc) is 3.17. The van der Waals surface area contributed by atoms with E-state index in [2.05, 4.69) is 5.32 Å². The Morgan fingerprint density at radius 3 is 2.64 bits per heavy atom. The molecule has 1 heterocycles. The van der Waals surface area contributed by atoms with Gasteiger partial charge in [0, 0.05) is 20.0 Å². The second-order valence-electron chi connectivity index (χ2n) is 6.99. The molecule has 2 aromatic carbocycles. The fourth-order valence-electron chi connectivity index (χ4n) is 3.29. The molecule has 1 aliphatic heterocycles. The quantitative estimate of drug-likeness (QED) is 0.800. The molecule has 0 aliphatic carbocycles. The summed E-state index contributed by atoms with van der Waals surface area (Å²) in [5, 5.41) is 2.64. The summed E-state index contributed by atoms with van der Waals surface area (Å²) < 4.78 is 10.7. The van der Waals surface area contributed by atoms with Gasteiger partial charge in [-0.3, -0.25) is 9.59 Å². The van der Waals surface area contributed by atoms with Crippen molar-refractivity contribution >= 4 is 11.8 Å². The SMILES string of the molecule is CNC(=O)[C@@H](C)N(Cc1cccc(C)c1)C(=O)CCc1ccc2c(c1)OCO2. The predicted molar refractivity (Wildman–Crippen MR) is 106 cm³/mol. The van der Waals surface area contributed by atoms with Gasteiger partial charge < -0.3 is 19.7 Å². The summed E-state index contributed by atoms with van der Waals surface area (Å²) >= 11 is 0. The van der Waals surface area contributed by atoms with Crippen molar-refractivity contribution in [3.05, 3.63) is 59.2 Å². The minimum Gasteiger partial charge on any atom is -0.454 e. The molecule has 0 saturated carbocycles. The van der Waals surface area contributed by atoms with E-state index in [1.165, 1.54) is 0 Å². The number of nitrogens with zero attached hydrogens (tertiary/aromatic N) is 1. The third-order valence-corrected chi connectivity index (χ3v) is 4.91. The third kappa shape index (κ3) is 4.63. The lowest BCUT2D eigenvalue weighted by Crippen LogP contribution is -2.46. The predicted octanol–water partition coefficient (Wildman–Crippen LogP) is 2.82. The number of amides is 2. The van der Waals surface area contributed by atoms with Crippen LogP contribution in [-0.2, 0) is 22.6 Å². The zero-order valence-electron chi connectivity index (χ0n) is 16.5. The number of ether oxygens (including phenoxy) is 2. The lowest BCUT2D eigenvalue weighted by Gasteiger charge is -2.28. The zero-order valence-corrected chi connectivity index (χ0v) is 16.5. The molecule has 1 N–H and O–H groups in total. The smallest absolute Gasteiger partial charge is 0.242 e. The van der Waals surface area contributed by atoms with Crippen molar-refractivity contribution in [2.45, 2.75) is 39.3 Å². The van der Waals surface area contributed by atoms with E-state index in [4.69, 9.17) is 9.47 Å². The van der Waals surface area contributed by atoms with Crippen LogP contribution >= 0.6 is 0 Å². The highest BCUT2D eigenvalue weighted by Gasteiger charge is 2.25. The first-order valence-electron chi connectivity index (χ1n) is 9.43. The molecule has 3 rings (SSSR count). The molecule has 0 unspecified atom stereocenters. The normalized spacial score (nSPS) is 13.1. The molecule has 0 radical (unpaired) electrons. The van der Waals surface area contributed by atoms with Crippen LogP contribution in [-0.4, -0.2) is 36.6 Å². The van der Waals surface area contributed by atoms with Gasteiger partial charge in [0.2, 0.25) is 18.6 Å². The Morgan fingerprint density at radius 1 is 1.11 bits per heavy atom. The molecule has 0 bridgehead atoms. The Balaban J connectivity index is 1.71. The summed E-state index contributed by atoms with van der Waals surface area (Å²) in [4.78, 5) is 26.8. The first-order valence-corrected chi connectivity index (χ1v) is 9.43. The number of fused-ring (bicyclic) bond motifs is 1. The van der Waals surface area contributed by atoms with Crippen molar-refractivity contribution in [2.24, 2.45) is 0 Å². The molecule has 28 heavy (non-hydrogen) atoms. The van der Waals surface area contributed by atoms with Crippen LogP contribution in [0.3, 0.4) is 0 Å². The Morgan fingerprint density at radius 2 is 1.89 bits per heavy atom. The first kappa shape index (κ1) is 19.7. The molecule has 0 aromatic heterocycles. The maximum absolute atomic E-state index is 13.0. The van der Waals surface area contributed by atoms with E-state index in [1.54, 1.807) is 18.9 Å². The molecule has 2 amide bonds. The lowest BCUT2D eigenvalue weighted by molar-refractivity contribution is -0.140. The highest BCUT2D eigenvalue weighted by molar-refractivity contribution is 5.87. The number of nitrogens with one attached hydrogen (secondary N) is 1. The van der Waals surface area contributed by atoms with E-state index >= 15 is 0 Å². The van der Waals surface area contributed by atoms with Crippen LogP contribution < -0.4 is 14.8 Å². The standard InChI is InChI=1S/C22H26N2O4/c1-15-5-4-6-18(11-15)13-24(16(2)22(26)23-3)21(25)10-8-17-7-9-19-20(12-17)28-14-27-19/h4-7,9,11-12,16H,8,10,13-14H2,1-3H3,(H,23,26)/t16-/m1/s1. The summed E-state index contributed by atoms with van der Waals surface area (Å²) in [6.45, 7) is 4.40. The summed E-state index contributed by atoms with van der Waals surface area (Å²) in [7, 11) is 1.58. The second-order valence-corrected chi connectivity index (χ2v) is 6.99. The van der Waals surface area contributed by atoms with E-state index in [1.807, 2.05) is 49.4 Å². The van der Waals surface area contributed by atoms with E-state index in [0.29, 0.717) is 25.1 Å². The Labute approximate surface area is 165 Å². The summed E-state index contributed by atoms with van der Waals surface area (Å²) in [6.07, 6.45) is 0.882. The molecule has 0 fully saturated rings. The zero-order chi connectivity index (χ0) is 20.1. The van der Waals surface area contributed by atoms with Gasteiger partial charge in [0.05, 0.1) is 0 Å². The van der Waals surface area contributed by atoms with Gasteiger partial charge in [0.25, 0.3) is 0 Å². The molecule has 0 saturated heterocycles. The topological polar surface area (TPSA) is 67.9 Å². The van der Waals surface area contributed by atoms with Crippen molar-refractivity contribution in [1.82, 2.24) is 10.2 Å². The van der Waals surface area contributed by atoms with Gasteiger partial charge in [-0.05, 0) is 43.5 Å². The molecule has 148 valence electrons. The minimum absolute atomic E-state index is 0.0599. The number of rotatable bonds is 7. The molecule has 0 spiro atoms. The molecule has 2 aromatic rings. The summed E-state index contributed by atoms with van der Waals surface area (Å²) in [5.41, 5.74) is 3.13. The van der Waals surface area contributed by atoms with Crippen molar-refractivity contribution in [2.75, 3.05) is 13.8 Å². The Kier molecular flexibility index (Phi) is 6.19. The van der Waals surface area contributed by atoms with Crippen molar-refractivity contribution in [3.63, 3.8) is 0 Å². The van der Waals surface area contributed by atoms with Crippen LogP contribution in [0.5, 0.6) is 11.5 Å². The van der Waals surface area contributed by atoms with E-state index in [0.717, 1.165) is 22.4 Å². The molecular weight excluding hydrogens is 356 g/mol. The summed E-state index contributed by atoms with van der Waals surface area (Å²) in [6, 6.07) is 13.1. The molecule has 1 atom stereocenters. The maximum Gasteiger partial charge on any atom is 0.242 e. The monoisotopic (exact) mass is 382 g/mol. The largest absolute Gasteiger partial charge is 0.454 e. The maximum atomic E-state index is 13.0. The number of hydrogen-bond acceptors (Lipinski definition) is 4. The van der Waals surface area contributed by atoms with Crippen LogP contribution in [0.4, 0.5) is 0 Å².